The smallest absolute Gasteiger partial charge is 0.329 e. The number of halogens is 5. The van der Waals surface area contributed by atoms with Gasteiger partial charge < -0.3 is 10.6 Å². The molecule has 2 aromatic rings. The van der Waals surface area contributed by atoms with Crippen LogP contribution < -0.4 is 21.9 Å². The lowest BCUT2D eigenvalue weighted by atomic mass is 9.88. The van der Waals surface area contributed by atoms with Gasteiger partial charge in [0.25, 0.3) is 5.56 Å². The van der Waals surface area contributed by atoms with E-state index in [2.05, 4.69) is 4.98 Å². The number of alkyl halides is 4. The monoisotopic (exact) mass is 460 g/mol. The van der Waals surface area contributed by atoms with E-state index in [1.807, 2.05) is 0 Å². The van der Waals surface area contributed by atoms with Crippen molar-refractivity contribution < 1.29 is 22.0 Å². The van der Waals surface area contributed by atoms with Crippen LogP contribution in [0.1, 0.15) is 36.4 Å². The minimum atomic E-state index is -3.26. The van der Waals surface area contributed by atoms with Crippen LogP contribution in [0.4, 0.5) is 27.6 Å². The van der Waals surface area contributed by atoms with E-state index in [1.165, 1.54) is 11.5 Å². The van der Waals surface area contributed by atoms with Crippen molar-refractivity contribution in [2.45, 2.75) is 58.0 Å². The van der Waals surface area contributed by atoms with Gasteiger partial charge in [0.15, 0.2) is 5.82 Å². The Bertz CT molecular complexity index is 1150. The second kappa shape index (κ2) is 8.17. The normalized spacial score (nSPS) is 20.3. The van der Waals surface area contributed by atoms with Crippen LogP contribution in [0.5, 0.6) is 0 Å². The molecule has 0 amide bonds. The summed E-state index contributed by atoms with van der Waals surface area (Å²) in [6.45, 7) is 3.31. The molecule has 2 fully saturated rings. The first-order chi connectivity index (χ1) is 15.0. The lowest BCUT2D eigenvalue weighted by molar-refractivity contribution is -0.0463. The number of benzene rings is 1. The standard InChI is InChI=1S/C21H25F5N4O2/c1-8-12-16(30(11-3-4-11)21(32)28-20(12)31)9(2)17(14(8)22)29-6-5-10(7-29)15(27)13(18(23)24)19(25)26/h10-11,13,15,18-19H,3-7,27H2,1-2H3,(H,28,31,32). The number of fused-ring (bicyclic) bond motifs is 1. The van der Waals surface area contributed by atoms with Crippen LogP contribution >= 0.6 is 0 Å². The molecule has 176 valence electrons. The Morgan fingerprint density at radius 2 is 1.66 bits per heavy atom. The van der Waals surface area contributed by atoms with E-state index < -0.39 is 47.8 Å². The Kier molecular flexibility index (Phi) is 5.81. The summed E-state index contributed by atoms with van der Waals surface area (Å²) in [5.74, 6) is -3.60. The van der Waals surface area contributed by atoms with Gasteiger partial charge in [-0.1, -0.05) is 0 Å². The molecule has 2 unspecified atom stereocenters. The molecule has 0 spiro atoms. The van der Waals surface area contributed by atoms with E-state index in [1.54, 1.807) is 11.8 Å². The highest BCUT2D eigenvalue weighted by molar-refractivity contribution is 5.90. The average Bonchev–Trinajstić information content (AvgIpc) is 3.41. The molecule has 32 heavy (non-hydrogen) atoms. The molecule has 1 saturated carbocycles. The van der Waals surface area contributed by atoms with Crippen LogP contribution in [0.3, 0.4) is 0 Å². The van der Waals surface area contributed by atoms with E-state index in [0.29, 0.717) is 11.1 Å². The Morgan fingerprint density at radius 1 is 1.03 bits per heavy atom. The zero-order valence-electron chi connectivity index (χ0n) is 17.7. The molecule has 2 aliphatic rings. The molecule has 2 heterocycles. The Balaban J connectivity index is 1.79. The zero-order chi connectivity index (χ0) is 23.5. The molecule has 1 aliphatic carbocycles. The van der Waals surface area contributed by atoms with Crippen LogP contribution in [0, 0.1) is 31.5 Å². The van der Waals surface area contributed by atoms with Crippen molar-refractivity contribution in [1.82, 2.24) is 9.55 Å². The first kappa shape index (κ1) is 22.8. The topological polar surface area (TPSA) is 84.1 Å². The number of anilines is 1. The second-order valence-corrected chi connectivity index (χ2v) is 8.82. The summed E-state index contributed by atoms with van der Waals surface area (Å²) in [6.07, 6.45) is -4.76. The van der Waals surface area contributed by atoms with Gasteiger partial charge in [0.05, 0.1) is 22.5 Å². The van der Waals surface area contributed by atoms with Crippen LogP contribution in [-0.4, -0.2) is 41.5 Å². The van der Waals surface area contributed by atoms with Crippen molar-refractivity contribution >= 4 is 16.6 Å². The lowest BCUT2D eigenvalue weighted by Gasteiger charge is -2.29. The second-order valence-electron chi connectivity index (χ2n) is 8.82. The van der Waals surface area contributed by atoms with Gasteiger partial charge in [-0.05, 0) is 39.0 Å². The first-order valence-corrected chi connectivity index (χ1v) is 10.6. The summed E-state index contributed by atoms with van der Waals surface area (Å²) < 4.78 is 69.5. The van der Waals surface area contributed by atoms with Crippen molar-refractivity contribution in [3.05, 3.63) is 37.8 Å². The minimum Gasteiger partial charge on any atom is -0.369 e. The van der Waals surface area contributed by atoms with Crippen molar-refractivity contribution in [3.8, 4) is 0 Å². The number of H-pyrrole nitrogens is 1. The van der Waals surface area contributed by atoms with Gasteiger partial charge in [-0.15, -0.1) is 0 Å². The number of hydrogen-bond donors (Lipinski definition) is 2. The van der Waals surface area contributed by atoms with Gasteiger partial charge in [0.2, 0.25) is 12.9 Å². The van der Waals surface area contributed by atoms with Crippen LogP contribution in [0.2, 0.25) is 0 Å². The molecule has 0 radical (unpaired) electrons. The molecule has 4 rings (SSSR count). The van der Waals surface area contributed by atoms with E-state index >= 15 is 4.39 Å². The maximum absolute atomic E-state index is 15.5. The number of nitrogens with two attached hydrogens (primary N) is 1. The summed E-state index contributed by atoms with van der Waals surface area (Å²) in [7, 11) is 0. The predicted molar refractivity (Wildman–Crippen MR) is 110 cm³/mol. The van der Waals surface area contributed by atoms with Crippen LogP contribution in [0.15, 0.2) is 9.59 Å². The summed E-state index contributed by atoms with van der Waals surface area (Å²) in [4.78, 5) is 28.8. The molecule has 1 aromatic carbocycles. The fourth-order valence-electron chi connectivity index (χ4n) is 4.95. The van der Waals surface area contributed by atoms with Gasteiger partial charge in [0, 0.05) is 36.3 Å². The third-order valence-electron chi connectivity index (χ3n) is 6.79. The van der Waals surface area contributed by atoms with Crippen molar-refractivity contribution in [1.29, 1.82) is 0 Å². The number of rotatable bonds is 6. The third-order valence-corrected chi connectivity index (χ3v) is 6.79. The first-order valence-electron chi connectivity index (χ1n) is 10.6. The van der Waals surface area contributed by atoms with Gasteiger partial charge in [-0.25, -0.2) is 26.7 Å². The van der Waals surface area contributed by atoms with Crippen molar-refractivity contribution in [3.63, 3.8) is 0 Å². The van der Waals surface area contributed by atoms with Crippen LogP contribution in [0.25, 0.3) is 10.9 Å². The summed E-state index contributed by atoms with van der Waals surface area (Å²) in [5.41, 5.74) is 5.51. The molecule has 1 saturated heterocycles. The molecule has 1 aliphatic heterocycles. The summed E-state index contributed by atoms with van der Waals surface area (Å²) in [5, 5.41) is 0.0955. The van der Waals surface area contributed by atoms with Gasteiger partial charge in [0.1, 0.15) is 0 Å². The SMILES string of the molecule is Cc1c(F)c(N2CCC(C(N)C(C(F)F)C(F)F)C2)c(C)c2c1c(=O)[nH]c(=O)n2C1CC1. The van der Waals surface area contributed by atoms with Gasteiger partial charge in [-0.2, -0.15) is 0 Å². The highest BCUT2D eigenvalue weighted by Gasteiger charge is 2.42. The molecule has 11 heteroatoms. The molecule has 1 aromatic heterocycles. The fourth-order valence-corrected chi connectivity index (χ4v) is 4.95. The molecular weight excluding hydrogens is 435 g/mol. The number of hydrogen-bond acceptors (Lipinski definition) is 4. The Morgan fingerprint density at radius 3 is 2.22 bits per heavy atom. The Labute approximate surface area is 180 Å². The molecular formula is C21H25F5N4O2. The number of aromatic amines is 1. The van der Waals surface area contributed by atoms with E-state index in [0.717, 1.165) is 12.8 Å². The summed E-state index contributed by atoms with van der Waals surface area (Å²) >= 11 is 0. The highest BCUT2D eigenvalue weighted by atomic mass is 19.3. The molecule has 3 N–H and O–H groups in total. The van der Waals surface area contributed by atoms with Gasteiger partial charge in [-0.3, -0.25) is 14.3 Å². The lowest BCUT2D eigenvalue weighted by Crippen LogP contribution is -2.45. The maximum atomic E-state index is 15.5. The molecule has 0 bridgehead atoms. The molecule has 6 nitrogen and oxygen atoms in total. The third kappa shape index (κ3) is 3.60. The maximum Gasteiger partial charge on any atom is 0.329 e. The predicted octanol–water partition coefficient (Wildman–Crippen LogP) is 3.08. The minimum absolute atomic E-state index is 0.0245. The zero-order valence-corrected chi connectivity index (χ0v) is 17.7. The molecule has 2 atom stereocenters. The quantitative estimate of drug-likeness (QED) is 0.649. The highest BCUT2D eigenvalue weighted by Crippen LogP contribution is 2.41. The van der Waals surface area contributed by atoms with E-state index in [9.17, 15) is 27.2 Å². The van der Waals surface area contributed by atoms with Crippen molar-refractivity contribution in [2.75, 3.05) is 18.0 Å². The van der Waals surface area contributed by atoms with Crippen LogP contribution in [-0.2, 0) is 0 Å². The van der Waals surface area contributed by atoms with E-state index in [-0.39, 0.29) is 42.2 Å². The van der Waals surface area contributed by atoms with E-state index in [4.69, 9.17) is 5.73 Å². The number of nitrogens with one attached hydrogen (secondary N) is 1. The van der Waals surface area contributed by atoms with Gasteiger partial charge >= 0.3 is 5.69 Å². The van der Waals surface area contributed by atoms with Crippen molar-refractivity contribution in [2.24, 2.45) is 17.6 Å². The number of aryl methyl sites for hydroxylation is 2. The largest absolute Gasteiger partial charge is 0.369 e. The number of nitrogens with zero attached hydrogens (tertiary/aromatic N) is 2. The summed E-state index contributed by atoms with van der Waals surface area (Å²) in [6, 6.07) is -1.53. The fraction of sp³-hybridized carbons (Fsp3) is 0.619. The average molecular weight is 460 g/mol. The Hall–Kier alpha value is -2.43. The number of aromatic nitrogens is 2.